The number of likely N-dealkylation sites (tertiary alicyclic amines) is 1. The van der Waals surface area contributed by atoms with Crippen molar-refractivity contribution in [2.45, 2.75) is 44.6 Å². The summed E-state index contributed by atoms with van der Waals surface area (Å²) in [5.74, 6) is -0.445. The summed E-state index contributed by atoms with van der Waals surface area (Å²) in [7, 11) is 0. The summed E-state index contributed by atoms with van der Waals surface area (Å²) in [6.45, 7) is 10.5. The first-order valence-corrected chi connectivity index (χ1v) is 12.9. The molecule has 189 valence electrons. The predicted octanol–water partition coefficient (Wildman–Crippen LogP) is 4.43. The number of carbonyl (C=O) groups excluding carboxylic acids is 1. The first-order valence-electron chi connectivity index (χ1n) is 12.9. The molecule has 1 amide bonds. The highest BCUT2D eigenvalue weighted by molar-refractivity contribution is 5.78. The Morgan fingerprint density at radius 3 is 2.71 bits per heavy atom. The minimum atomic E-state index is -1.28. The van der Waals surface area contributed by atoms with Crippen LogP contribution in [0.2, 0.25) is 0 Å². The molecule has 2 aromatic rings. The van der Waals surface area contributed by atoms with E-state index < -0.39 is 5.60 Å². The SMILES string of the molecule is [CH2]CCC(O)(c1cccc(F)c1-c1cccc(CC)c1)C1CCCN(C(=O)CN2CCOCC2)C1. The van der Waals surface area contributed by atoms with E-state index in [1.165, 1.54) is 6.07 Å². The van der Waals surface area contributed by atoms with E-state index in [0.717, 1.165) is 43.5 Å². The minimum absolute atomic E-state index is 0.0867. The van der Waals surface area contributed by atoms with E-state index in [9.17, 15) is 9.90 Å². The topological polar surface area (TPSA) is 53.0 Å². The second kappa shape index (κ2) is 11.6. The van der Waals surface area contributed by atoms with Gasteiger partial charge in [0.05, 0.1) is 25.4 Å². The molecule has 2 unspecified atom stereocenters. The largest absolute Gasteiger partial charge is 0.385 e. The molecule has 2 aliphatic rings. The lowest BCUT2D eigenvalue weighted by atomic mass is 9.72. The zero-order chi connectivity index (χ0) is 24.8. The van der Waals surface area contributed by atoms with Crippen molar-refractivity contribution >= 4 is 5.91 Å². The van der Waals surface area contributed by atoms with Crippen LogP contribution in [0.4, 0.5) is 4.39 Å². The predicted molar refractivity (Wildman–Crippen MR) is 136 cm³/mol. The first-order chi connectivity index (χ1) is 17.0. The number of carbonyl (C=O) groups is 1. The number of amides is 1. The third-order valence-corrected chi connectivity index (χ3v) is 7.57. The normalized spacial score (nSPS) is 21.0. The Kier molecular flexibility index (Phi) is 8.58. The number of morpholine rings is 1. The Morgan fingerprint density at radius 2 is 1.97 bits per heavy atom. The molecule has 2 saturated heterocycles. The van der Waals surface area contributed by atoms with Crippen LogP contribution < -0.4 is 0 Å². The number of piperidine rings is 1. The zero-order valence-electron chi connectivity index (χ0n) is 20.8. The third-order valence-electron chi connectivity index (χ3n) is 7.57. The number of ether oxygens (including phenoxy) is 1. The molecule has 4 rings (SSSR count). The molecule has 0 saturated carbocycles. The summed E-state index contributed by atoms with van der Waals surface area (Å²) in [6, 6.07) is 12.9. The molecular weight excluding hydrogens is 443 g/mol. The van der Waals surface area contributed by atoms with Crippen molar-refractivity contribution in [1.29, 1.82) is 0 Å². The van der Waals surface area contributed by atoms with Crippen LogP contribution in [-0.2, 0) is 21.6 Å². The van der Waals surface area contributed by atoms with Gasteiger partial charge in [-0.15, -0.1) is 0 Å². The summed E-state index contributed by atoms with van der Waals surface area (Å²) in [5, 5.41) is 12.2. The maximum Gasteiger partial charge on any atom is 0.236 e. The molecule has 0 aromatic heterocycles. The van der Waals surface area contributed by atoms with Crippen LogP contribution in [0.25, 0.3) is 11.1 Å². The molecule has 2 atom stereocenters. The summed E-state index contributed by atoms with van der Waals surface area (Å²) in [6.07, 6.45) is 3.37. The molecule has 0 aliphatic carbocycles. The molecule has 6 heteroatoms. The molecular formula is C29H38FN2O3. The van der Waals surface area contributed by atoms with E-state index in [2.05, 4.69) is 18.7 Å². The highest BCUT2D eigenvalue weighted by atomic mass is 19.1. The van der Waals surface area contributed by atoms with Gasteiger partial charge in [0.2, 0.25) is 5.91 Å². The quantitative estimate of drug-likeness (QED) is 0.606. The second-order valence-corrected chi connectivity index (χ2v) is 9.81. The fourth-order valence-corrected chi connectivity index (χ4v) is 5.60. The third kappa shape index (κ3) is 5.76. The van der Waals surface area contributed by atoms with Crippen LogP contribution in [0.3, 0.4) is 0 Å². The number of aliphatic hydroxyl groups is 1. The molecule has 2 aromatic carbocycles. The van der Waals surface area contributed by atoms with Crippen molar-refractivity contribution in [3.8, 4) is 11.1 Å². The lowest BCUT2D eigenvalue weighted by Crippen LogP contribution is -2.51. The summed E-state index contributed by atoms with van der Waals surface area (Å²) < 4.78 is 20.8. The first kappa shape index (κ1) is 25.8. The highest BCUT2D eigenvalue weighted by Crippen LogP contribution is 2.44. The number of nitrogens with zero attached hydrogens (tertiary/aromatic N) is 2. The van der Waals surface area contributed by atoms with E-state index in [1.807, 2.05) is 35.2 Å². The minimum Gasteiger partial charge on any atom is -0.385 e. The number of benzene rings is 2. The molecule has 35 heavy (non-hydrogen) atoms. The van der Waals surface area contributed by atoms with Crippen LogP contribution >= 0.6 is 0 Å². The molecule has 0 spiro atoms. The average Bonchev–Trinajstić information content (AvgIpc) is 2.89. The zero-order valence-corrected chi connectivity index (χ0v) is 20.8. The van der Waals surface area contributed by atoms with Crippen LogP contribution in [-0.4, -0.2) is 66.8 Å². The lowest BCUT2D eigenvalue weighted by molar-refractivity contribution is -0.138. The van der Waals surface area contributed by atoms with Gasteiger partial charge in [-0.2, -0.15) is 0 Å². The van der Waals surface area contributed by atoms with Crippen molar-refractivity contribution in [1.82, 2.24) is 9.80 Å². The fourth-order valence-electron chi connectivity index (χ4n) is 5.60. The van der Waals surface area contributed by atoms with Gasteiger partial charge in [-0.3, -0.25) is 9.69 Å². The van der Waals surface area contributed by atoms with E-state index in [1.54, 1.807) is 6.07 Å². The smallest absolute Gasteiger partial charge is 0.236 e. The number of halogens is 1. The van der Waals surface area contributed by atoms with Crippen LogP contribution in [0, 0.1) is 18.7 Å². The van der Waals surface area contributed by atoms with Crippen molar-refractivity contribution in [2.75, 3.05) is 45.9 Å². The molecule has 5 nitrogen and oxygen atoms in total. The Balaban J connectivity index is 1.64. The average molecular weight is 482 g/mol. The Labute approximate surface area is 208 Å². The standard InChI is InChI=1S/C29H38FN2O3/c1-3-13-29(34,24-10-7-14-32(20-24)27(33)21-31-15-17-35-18-16-31)25-11-6-12-26(30)28(25)23-9-5-8-22(4-2)19-23/h5-6,8-9,11-12,19,24,34H,1,3-4,7,10,13-18,20-21H2,2H3. The van der Waals surface area contributed by atoms with Gasteiger partial charge in [0.15, 0.2) is 0 Å². The van der Waals surface area contributed by atoms with Crippen molar-refractivity contribution in [2.24, 2.45) is 5.92 Å². The Morgan fingerprint density at radius 1 is 1.20 bits per heavy atom. The van der Waals surface area contributed by atoms with Crippen LogP contribution in [0.15, 0.2) is 42.5 Å². The fraction of sp³-hybridized carbons (Fsp3) is 0.517. The molecule has 1 radical (unpaired) electrons. The van der Waals surface area contributed by atoms with Gasteiger partial charge in [0, 0.05) is 37.7 Å². The van der Waals surface area contributed by atoms with Crippen molar-refractivity contribution < 1.29 is 19.0 Å². The van der Waals surface area contributed by atoms with Crippen LogP contribution in [0.1, 0.15) is 43.7 Å². The lowest BCUT2D eigenvalue weighted by Gasteiger charge is -2.44. The number of hydrogen-bond acceptors (Lipinski definition) is 4. The highest BCUT2D eigenvalue weighted by Gasteiger charge is 2.42. The number of rotatable bonds is 8. The summed E-state index contributed by atoms with van der Waals surface area (Å²) >= 11 is 0. The molecule has 1 N–H and O–H groups in total. The number of hydrogen-bond donors (Lipinski definition) is 1. The molecule has 2 aliphatic heterocycles. The van der Waals surface area contributed by atoms with Crippen LogP contribution in [0.5, 0.6) is 0 Å². The van der Waals surface area contributed by atoms with Gasteiger partial charge in [0.1, 0.15) is 5.82 Å². The summed E-state index contributed by atoms with van der Waals surface area (Å²) in [5.41, 5.74) is 1.67. The Hall–Kier alpha value is -2.28. The maximum atomic E-state index is 15.4. The van der Waals surface area contributed by atoms with Gasteiger partial charge in [-0.1, -0.05) is 56.7 Å². The van der Waals surface area contributed by atoms with Gasteiger partial charge in [0.25, 0.3) is 0 Å². The van der Waals surface area contributed by atoms with Gasteiger partial charge < -0.3 is 14.7 Å². The van der Waals surface area contributed by atoms with Gasteiger partial charge in [-0.25, -0.2) is 4.39 Å². The molecule has 0 bridgehead atoms. The number of aryl methyl sites for hydroxylation is 1. The van der Waals surface area contributed by atoms with E-state index in [-0.39, 0.29) is 17.6 Å². The Bertz CT molecular complexity index is 1010. The molecule has 2 fully saturated rings. The van der Waals surface area contributed by atoms with Gasteiger partial charge in [-0.05, 0) is 48.4 Å². The second-order valence-electron chi connectivity index (χ2n) is 9.81. The maximum absolute atomic E-state index is 15.4. The molecule has 2 heterocycles. The van der Waals surface area contributed by atoms with E-state index in [0.29, 0.717) is 56.8 Å². The van der Waals surface area contributed by atoms with E-state index >= 15 is 4.39 Å². The van der Waals surface area contributed by atoms with E-state index in [4.69, 9.17) is 4.74 Å². The van der Waals surface area contributed by atoms with Crippen molar-refractivity contribution in [3.05, 3.63) is 66.3 Å². The van der Waals surface area contributed by atoms with Crippen molar-refractivity contribution in [3.63, 3.8) is 0 Å². The monoisotopic (exact) mass is 481 g/mol. The summed E-state index contributed by atoms with van der Waals surface area (Å²) in [4.78, 5) is 17.1. The van der Waals surface area contributed by atoms with Gasteiger partial charge >= 0.3 is 0 Å².